The lowest BCUT2D eigenvalue weighted by molar-refractivity contribution is 0.402. The van der Waals surface area contributed by atoms with Crippen LogP contribution in [0.15, 0.2) is 0 Å². The maximum Gasteiger partial charge on any atom is 0.107 e. The third-order valence-corrected chi connectivity index (χ3v) is 2.83. The van der Waals surface area contributed by atoms with E-state index in [1.165, 1.54) is 11.4 Å². The molecule has 0 saturated carbocycles. The molecule has 1 aliphatic rings. The lowest BCUT2D eigenvalue weighted by Crippen LogP contribution is -2.27. The summed E-state index contributed by atoms with van der Waals surface area (Å²) in [6.45, 7) is 6.71. The van der Waals surface area contributed by atoms with Gasteiger partial charge in [0.15, 0.2) is 0 Å². The Bertz CT molecular complexity index is 346. The molecule has 1 heterocycles. The SMILES string of the molecule is CC(C)(C)Cc1nc2c([nH]1)CC(N)CC2. The molecule has 0 radical (unpaired) electrons. The second-order valence-corrected chi connectivity index (χ2v) is 5.85. The van der Waals surface area contributed by atoms with E-state index in [2.05, 4.69) is 30.7 Å². The molecule has 0 aliphatic heterocycles. The Kier molecular flexibility index (Phi) is 2.59. The first-order chi connectivity index (χ1) is 6.94. The number of fused-ring (bicyclic) bond motifs is 1. The average molecular weight is 207 g/mol. The van der Waals surface area contributed by atoms with E-state index in [9.17, 15) is 0 Å². The van der Waals surface area contributed by atoms with Gasteiger partial charge in [-0.25, -0.2) is 4.98 Å². The summed E-state index contributed by atoms with van der Waals surface area (Å²) < 4.78 is 0. The van der Waals surface area contributed by atoms with Gasteiger partial charge in [0.25, 0.3) is 0 Å². The molecule has 84 valence electrons. The summed E-state index contributed by atoms with van der Waals surface area (Å²) in [6, 6.07) is 0.320. The number of imidazole rings is 1. The Balaban J connectivity index is 2.16. The van der Waals surface area contributed by atoms with Crippen molar-refractivity contribution in [3.05, 3.63) is 17.2 Å². The summed E-state index contributed by atoms with van der Waals surface area (Å²) in [5.74, 6) is 1.13. The van der Waals surface area contributed by atoms with Gasteiger partial charge in [-0.15, -0.1) is 0 Å². The first kappa shape index (κ1) is 10.7. The second-order valence-electron chi connectivity index (χ2n) is 5.85. The van der Waals surface area contributed by atoms with Crippen LogP contribution < -0.4 is 5.73 Å². The molecular formula is C12H21N3. The number of nitrogens with zero attached hydrogens (tertiary/aromatic N) is 1. The lowest BCUT2D eigenvalue weighted by atomic mass is 9.92. The fourth-order valence-electron chi connectivity index (χ4n) is 2.15. The van der Waals surface area contributed by atoms with Crippen LogP contribution in [0, 0.1) is 5.41 Å². The lowest BCUT2D eigenvalue weighted by Gasteiger charge is -2.16. The number of hydrogen-bond donors (Lipinski definition) is 2. The number of aryl methyl sites for hydroxylation is 1. The van der Waals surface area contributed by atoms with Gasteiger partial charge in [-0.3, -0.25) is 0 Å². The first-order valence-electron chi connectivity index (χ1n) is 5.76. The van der Waals surface area contributed by atoms with Gasteiger partial charge in [0.1, 0.15) is 5.82 Å². The second kappa shape index (κ2) is 3.63. The third kappa shape index (κ3) is 2.59. The van der Waals surface area contributed by atoms with Crippen LogP contribution in [-0.4, -0.2) is 16.0 Å². The molecule has 1 aliphatic carbocycles. The molecule has 0 amide bonds. The van der Waals surface area contributed by atoms with Crippen molar-refractivity contribution in [3.8, 4) is 0 Å². The maximum atomic E-state index is 5.94. The van der Waals surface area contributed by atoms with Crippen LogP contribution in [0.25, 0.3) is 0 Å². The highest BCUT2D eigenvalue weighted by Crippen LogP contribution is 2.23. The molecule has 0 saturated heterocycles. The van der Waals surface area contributed by atoms with E-state index in [0.29, 0.717) is 11.5 Å². The van der Waals surface area contributed by atoms with Crippen molar-refractivity contribution in [1.82, 2.24) is 9.97 Å². The zero-order valence-electron chi connectivity index (χ0n) is 9.93. The molecule has 1 aromatic rings. The van der Waals surface area contributed by atoms with Gasteiger partial charge in [-0.05, 0) is 18.3 Å². The van der Waals surface area contributed by atoms with Crippen LogP contribution >= 0.6 is 0 Å². The molecule has 0 aromatic carbocycles. The third-order valence-electron chi connectivity index (χ3n) is 2.83. The Morgan fingerprint density at radius 3 is 2.87 bits per heavy atom. The summed E-state index contributed by atoms with van der Waals surface area (Å²) in [5, 5.41) is 0. The van der Waals surface area contributed by atoms with Crippen LogP contribution in [-0.2, 0) is 19.3 Å². The Morgan fingerprint density at radius 2 is 2.20 bits per heavy atom. The monoisotopic (exact) mass is 207 g/mol. The summed E-state index contributed by atoms with van der Waals surface area (Å²) in [4.78, 5) is 8.09. The summed E-state index contributed by atoms with van der Waals surface area (Å²) in [5.41, 5.74) is 8.75. The minimum atomic E-state index is 0.294. The summed E-state index contributed by atoms with van der Waals surface area (Å²) in [7, 11) is 0. The van der Waals surface area contributed by atoms with Gasteiger partial charge in [-0.2, -0.15) is 0 Å². The molecule has 0 fully saturated rings. The number of aromatic amines is 1. The molecule has 2 rings (SSSR count). The quantitative estimate of drug-likeness (QED) is 0.738. The Labute approximate surface area is 91.5 Å². The maximum absolute atomic E-state index is 5.94. The van der Waals surface area contributed by atoms with Crippen molar-refractivity contribution in [2.45, 2.75) is 52.5 Å². The zero-order valence-corrected chi connectivity index (χ0v) is 9.93. The fraction of sp³-hybridized carbons (Fsp3) is 0.750. The normalized spacial score (nSPS) is 21.5. The number of nitrogens with one attached hydrogen (secondary N) is 1. The van der Waals surface area contributed by atoms with Gasteiger partial charge in [0.05, 0.1) is 5.69 Å². The highest BCUT2D eigenvalue weighted by atomic mass is 14.9. The molecule has 3 nitrogen and oxygen atoms in total. The molecule has 1 aromatic heterocycles. The molecule has 3 heteroatoms. The van der Waals surface area contributed by atoms with Crippen molar-refractivity contribution in [3.63, 3.8) is 0 Å². The van der Waals surface area contributed by atoms with Crippen LogP contribution in [0.2, 0.25) is 0 Å². The number of nitrogens with two attached hydrogens (primary N) is 1. The predicted molar refractivity (Wildman–Crippen MR) is 61.7 cm³/mol. The first-order valence-corrected chi connectivity index (χ1v) is 5.76. The number of aromatic nitrogens is 2. The largest absolute Gasteiger partial charge is 0.346 e. The fourth-order valence-corrected chi connectivity index (χ4v) is 2.15. The molecule has 1 atom stereocenters. The highest BCUT2D eigenvalue weighted by molar-refractivity contribution is 5.19. The van der Waals surface area contributed by atoms with E-state index in [0.717, 1.165) is 31.5 Å². The van der Waals surface area contributed by atoms with Crippen LogP contribution in [0.1, 0.15) is 44.4 Å². The van der Waals surface area contributed by atoms with Crippen molar-refractivity contribution in [2.24, 2.45) is 11.1 Å². The van der Waals surface area contributed by atoms with Crippen molar-refractivity contribution in [2.75, 3.05) is 0 Å². The molecule has 0 bridgehead atoms. The molecule has 3 N–H and O–H groups in total. The van der Waals surface area contributed by atoms with Crippen LogP contribution in [0.5, 0.6) is 0 Å². The van der Waals surface area contributed by atoms with E-state index in [1.54, 1.807) is 0 Å². The van der Waals surface area contributed by atoms with Gasteiger partial charge in [-0.1, -0.05) is 20.8 Å². The summed E-state index contributed by atoms with van der Waals surface area (Å²) in [6.07, 6.45) is 4.09. The van der Waals surface area contributed by atoms with Crippen LogP contribution in [0.3, 0.4) is 0 Å². The van der Waals surface area contributed by atoms with Gasteiger partial charge >= 0.3 is 0 Å². The zero-order chi connectivity index (χ0) is 11.1. The van der Waals surface area contributed by atoms with Crippen molar-refractivity contribution < 1.29 is 0 Å². The van der Waals surface area contributed by atoms with Crippen molar-refractivity contribution in [1.29, 1.82) is 0 Å². The van der Waals surface area contributed by atoms with E-state index in [1.807, 2.05) is 0 Å². The van der Waals surface area contributed by atoms with Crippen molar-refractivity contribution >= 4 is 0 Å². The smallest absolute Gasteiger partial charge is 0.107 e. The average Bonchev–Trinajstić information content (AvgIpc) is 2.42. The minimum Gasteiger partial charge on any atom is -0.346 e. The number of H-pyrrole nitrogens is 1. The molecule has 0 spiro atoms. The Hall–Kier alpha value is -0.830. The summed E-state index contributed by atoms with van der Waals surface area (Å²) >= 11 is 0. The number of rotatable bonds is 1. The van der Waals surface area contributed by atoms with Crippen LogP contribution in [0.4, 0.5) is 0 Å². The minimum absolute atomic E-state index is 0.294. The van der Waals surface area contributed by atoms with Gasteiger partial charge in [0, 0.05) is 24.6 Å². The van der Waals surface area contributed by atoms with E-state index in [-0.39, 0.29) is 0 Å². The predicted octanol–water partition coefficient (Wildman–Crippen LogP) is 1.81. The van der Waals surface area contributed by atoms with E-state index < -0.39 is 0 Å². The topological polar surface area (TPSA) is 54.7 Å². The molecule has 1 unspecified atom stereocenters. The standard InChI is InChI=1S/C12H21N3/c1-12(2,3)7-11-14-9-5-4-8(13)6-10(9)15-11/h8H,4-7,13H2,1-3H3,(H,14,15). The van der Waals surface area contributed by atoms with Gasteiger partial charge < -0.3 is 10.7 Å². The Morgan fingerprint density at radius 1 is 1.47 bits per heavy atom. The molecular weight excluding hydrogens is 186 g/mol. The highest BCUT2D eigenvalue weighted by Gasteiger charge is 2.21. The number of hydrogen-bond acceptors (Lipinski definition) is 2. The van der Waals surface area contributed by atoms with E-state index in [4.69, 9.17) is 5.73 Å². The van der Waals surface area contributed by atoms with Gasteiger partial charge in [0.2, 0.25) is 0 Å². The van der Waals surface area contributed by atoms with E-state index >= 15 is 0 Å². The molecule has 15 heavy (non-hydrogen) atoms.